The highest BCUT2D eigenvalue weighted by Gasteiger charge is 2.30. The summed E-state index contributed by atoms with van der Waals surface area (Å²) in [6, 6.07) is 12.3. The molecule has 1 aromatic carbocycles. The van der Waals surface area contributed by atoms with Crippen molar-refractivity contribution in [2.45, 2.75) is 19.4 Å². The minimum atomic E-state index is 0.103. The molecule has 0 aliphatic carbocycles. The van der Waals surface area contributed by atoms with Crippen molar-refractivity contribution in [3.8, 4) is 12.1 Å². The predicted octanol–water partition coefficient (Wildman–Crippen LogP) is 2.30. The van der Waals surface area contributed by atoms with Crippen LogP contribution in [-0.4, -0.2) is 12.6 Å². The van der Waals surface area contributed by atoms with Gasteiger partial charge in [0.25, 0.3) is 0 Å². The molecule has 0 spiro atoms. The molecule has 1 aliphatic rings. The molecule has 3 heteroatoms. The molecule has 0 radical (unpaired) electrons. The Labute approximate surface area is 95.5 Å². The highest BCUT2D eigenvalue weighted by atomic mass is 15.2. The van der Waals surface area contributed by atoms with Gasteiger partial charge in [-0.15, -0.1) is 0 Å². The molecule has 3 nitrogen and oxygen atoms in total. The average molecular weight is 211 g/mol. The molecule has 80 valence electrons. The highest BCUT2D eigenvalue weighted by molar-refractivity contribution is 5.53. The van der Waals surface area contributed by atoms with E-state index in [0.29, 0.717) is 5.56 Å². The first-order chi connectivity index (χ1) is 7.76. The Hall–Kier alpha value is -2.00. The maximum Gasteiger partial charge on any atom is 0.0992 e. The Morgan fingerprint density at radius 1 is 1.38 bits per heavy atom. The van der Waals surface area contributed by atoms with Crippen molar-refractivity contribution in [1.29, 1.82) is 10.5 Å². The van der Waals surface area contributed by atoms with E-state index in [2.05, 4.69) is 24.0 Å². The average Bonchev–Trinajstić information content (AvgIpc) is 2.70. The van der Waals surface area contributed by atoms with Crippen molar-refractivity contribution in [2.24, 2.45) is 5.92 Å². The van der Waals surface area contributed by atoms with Gasteiger partial charge >= 0.3 is 0 Å². The lowest BCUT2D eigenvalue weighted by Crippen LogP contribution is -2.29. The largest absolute Gasteiger partial charge is 0.367 e. The van der Waals surface area contributed by atoms with Crippen molar-refractivity contribution in [3.05, 3.63) is 29.8 Å². The molecule has 2 unspecified atom stereocenters. The lowest BCUT2D eigenvalue weighted by molar-refractivity contribution is 0.615. The van der Waals surface area contributed by atoms with E-state index in [1.807, 2.05) is 18.2 Å². The Morgan fingerprint density at radius 2 is 2.19 bits per heavy atom. The van der Waals surface area contributed by atoms with Crippen LogP contribution >= 0.6 is 0 Å². The smallest absolute Gasteiger partial charge is 0.0992 e. The Kier molecular flexibility index (Phi) is 2.79. The molecule has 0 amide bonds. The van der Waals surface area contributed by atoms with Gasteiger partial charge in [0.05, 0.1) is 23.6 Å². The van der Waals surface area contributed by atoms with Gasteiger partial charge in [-0.3, -0.25) is 0 Å². The second-order valence-electron chi connectivity index (χ2n) is 4.12. The lowest BCUT2D eigenvalue weighted by Gasteiger charge is -2.24. The quantitative estimate of drug-likeness (QED) is 0.716. The molecule has 1 aromatic rings. The molecule has 1 heterocycles. The summed E-state index contributed by atoms with van der Waals surface area (Å²) in [5, 5.41) is 17.8. The lowest BCUT2D eigenvalue weighted by atomic mass is 10.0. The third-order valence-corrected chi connectivity index (χ3v) is 3.23. The fourth-order valence-electron chi connectivity index (χ4n) is 2.23. The van der Waals surface area contributed by atoms with Gasteiger partial charge in [0.2, 0.25) is 0 Å². The fourth-order valence-corrected chi connectivity index (χ4v) is 2.23. The maximum atomic E-state index is 8.97. The van der Waals surface area contributed by atoms with Crippen molar-refractivity contribution in [2.75, 3.05) is 11.4 Å². The number of nitriles is 2. The van der Waals surface area contributed by atoms with Gasteiger partial charge in [0, 0.05) is 18.3 Å². The van der Waals surface area contributed by atoms with E-state index in [-0.39, 0.29) is 12.0 Å². The number of hydrogen-bond donors (Lipinski definition) is 0. The van der Waals surface area contributed by atoms with Gasteiger partial charge in [0.15, 0.2) is 0 Å². The zero-order valence-electron chi connectivity index (χ0n) is 9.22. The van der Waals surface area contributed by atoms with Crippen LogP contribution < -0.4 is 4.90 Å². The maximum absolute atomic E-state index is 8.97. The summed E-state index contributed by atoms with van der Waals surface area (Å²) in [4.78, 5) is 2.20. The summed E-state index contributed by atoms with van der Waals surface area (Å²) < 4.78 is 0. The third kappa shape index (κ3) is 1.73. The zero-order chi connectivity index (χ0) is 11.5. The van der Waals surface area contributed by atoms with Crippen LogP contribution in [-0.2, 0) is 0 Å². The van der Waals surface area contributed by atoms with Gasteiger partial charge in [0.1, 0.15) is 0 Å². The molecule has 0 N–H and O–H groups in total. The number of benzene rings is 1. The van der Waals surface area contributed by atoms with Crippen LogP contribution in [0.4, 0.5) is 5.69 Å². The summed E-state index contributed by atoms with van der Waals surface area (Å²) in [5.41, 5.74) is 1.72. The first kappa shape index (κ1) is 10.5. The van der Waals surface area contributed by atoms with Crippen LogP contribution in [0.15, 0.2) is 24.3 Å². The number of rotatable bonds is 1. The second kappa shape index (κ2) is 4.24. The van der Waals surface area contributed by atoms with E-state index in [0.717, 1.165) is 18.7 Å². The Balaban J connectivity index is 2.26. The number of hydrogen-bond acceptors (Lipinski definition) is 3. The van der Waals surface area contributed by atoms with Crippen LogP contribution in [0.1, 0.15) is 18.9 Å². The SMILES string of the molecule is CC1C(C#N)CCN1c1cccc(C#N)c1. The van der Waals surface area contributed by atoms with Gasteiger partial charge in [-0.05, 0) is 31.5 Å². The standard InChI is InChI=1S/C13H13N3/c1-10-12(9-15)5-6-16(10)13-4-2-3-11(7-13)8-14/h2-4,7,10,12H,5-6H2,1H3. The molecule has 1 fully saturated rings. The van der Waals surface area contributed by atoms with Gasteiger partial charge < -0.3 is 4.90 Å². The Bertz CT molecular complexity index is 467. The molecular formula is C13H13N3. The summed E-state index contributed by atoms with van der Waals surface area (Å²) in [5.74, 6) is 0.103. The van der Waals surface area contributed by atoms with Crippen LogP contribution in [0.2, 0.25) is 0 Å². The third-order valence-electron chi connectivity index (χ3n) is 3.23. The van der Waals surface area contributed by atoms with Gasteiger partial charge in [-0.2, -0.15) is 10.5 Å². The molecule has 16 heavy (non-hydrogen) atoms. The minimum absolute atomic E-state index is 0.103. The molecule has 2 atom stereocenters. The highest BCUT2D eigenvalue weighted by Crippen LogP contribution is 2.29. The summed E-state index contributed by atoms with van der Waals surface area (Å²) in [7, 11) is 0. The zero-order valence-corrected chi connectivity index (χ0v) is 9.22. The predicted molar refractivity (Wildman–Crippen MR) is 61.7 cm³/mol. The van der Waals surface area contributed by atoms with Crippen LogP contribution in [0.5, 0.6) is 0 Å². The number of nitrogens with zero attached hydrogens (tertiary/aromatic N) is 3. The van der Waals surface area contributed by atoms with E-state index in [1.54, 1.807) is 6.07 Å². The topological polar surface area (TPSA) is 50.8 Å². The molecule has 0 bridgehead atoms. The monoisotopic (exact) mass is 211 g/mol. The van der Waals surface area contributed by atoms with Crippen molar-refractivity contribution in [3.63, 3.8) is 0 Å². The second-order valence-corrected chi connectivity index (χ2v) is 4.12. The molecule has 1 saturated heterocycles. The summed E-state index contributed by atoms with van der Waals surface area (Å²) in [6.07, 6.45) is 0.911. The normalized spacial score (nSPS) is 23.8. The first-order valence-corrected chi connectivity index (χ1v) is 5.42. The summed E-state index contributed by atoms with van der Waals surface area (Å²) >= 11 is 0. The molecule has 0 aromatic heterocycles. The molecule has 1 aliphatic heterocycles. The first-order valence-electron chi connectivity index (χ1n) is 5.42. The van der Waals surface area contributed by atoms with Gasteiger partial charge in [-0.25, -0.2) is 0 Å². The van der Waals surface area contributed by atoms with E-state index in [4.69, 9.17) is 10.5 Å². The molecular weight excluding hydrogens is 198 g/mol. The van der Waals surface area contributed by atoms with Crippen LogP contribution in [0.25, 0.3) is 0 Å². The van der Waals surface area contributed by atoms with Crippen LogP contribution in [0, 0.1) is 28.6 Å². The Morgan fingerprint density at radius 3 is 2.81 bits per heavy atom. The molecule has 0 saturated carbocycles. The van der Waals surface area contributed by atoms with E-state index in [1.165, 1.54) is 0 Å². The van der Waals surface area contributed by atoms with E-state index in [9.17, 15) is 0 Å². The van der Waals surface area contributed by atoms with Crippen molar-refractivity contribution >= 4 is 5.69 Å². The summed E-state index contributed by atoms with van der Waals surface area (Å²) in [6.45, 7) is 2.97. The van der Waals surface area contributed by atoms with E-state index < -0.39 is 0 Å². The van der Waals surface area contributed by atoms with Crippen molar-refractivity contribution in [1.82, 2.24) is 0 Å². The van der Waals surface area contributed by atoms with Crippen LogP contribution in [0.3, 0.4) is 0 Å². The number of anilines is 1. The molecule has 2 rings (SSSR count). The fraction of sp³-hybridized carbons (Fsp3) is 0.385. The van der Waals surface area contributed by atoms with E-state index >= 15 is 0 Å². The minimum Gasteiger partial charge on any atom is -0.367 e. The van der Waals surface area contributed by atoms with Gasteiger partial charge in [-0.1, -0.05) is 6.07 Å². The van der Waals surface area contributed by atoms with Crippen molar-refractivity contribution < 1.29 is 0 Å².